The van der Waals surface area contributed by atoms with Crippen LogP contribution in [0.25, 0.3) is 11.0 Å². The zero-order valence-electron chi connectivity index (χ0n) is 13.5. The number of hydrogen-bond acceptors (Lipinski definition) is 4. The van der Waals surface area contributed by atoms with Gasteiger partial charge in [0.05, 0.1) is 11.5 Å². The minimum absolute atomic E-state index is 0.0961. The van der Waals surface area contributed by atoms with Gasteiger partial charge in [0.2, 0.25) is 0 Å². The fourth-order valence-corrected chi connectivity index (χ4v) is 3.62. The first-order valence-corrected chi connectivity index (χ1v) is 7.58. The van der Waals surface area contributed by atoms with Gasteiger partial charge in [-0.3, -0.25) is 0 Å². The largest absolute Gasteiger partial charge is 0.383 e. The molecule has 1 aliphatic rings. The van der Waals surface area contributed by atoms with E-state index < -0.39 is 0 Å². The van der Waals surface area contributed by atoms with Crippen molar-refractivity contribution in [3.63, 3.8) is 0 Å². The summed E-state index contributed by atoms with van der Waals surface area (Å²) in [5.41, 5.74) is 9.50. The summed E-state index contributed by atoms with van der Waals surface area (Å²) in [6.45, 7) is 11.6. The molecule has 2 heterocycles. The zero-order valence-corrected chi connectivity index (χ0v) is 13.5. The molecule has 0 bridgehead atoms. The lowest BCUT2D eigenvalue weighted by Crippen LogP contribution is -2.51. The highest BCUT2D eigenvalue weighted by molar-refractivity contribution is 5.90. The normalized spacial score (nSPS) is 24.2. The van der Waals surface area contributed by atoms with Gasteiger partial charge in [-0.15, -0.1) is 0 Å². The lowest BCUT2D eigenvalue weighted by molar-refractivity contribution is -0.127. The number of nitrogens with zero attached hydrogens (tertiary/aromatic N) is 3. The van der Waals surface area contributed by atoms with Crippen molar-refractivity contribution in [2.45, 2.75) is 53.2 Å². The van der Waals surface area contributed by atoms with Gasteiger partial charge in [-0.05, 0) is 32.8 Å². The van der Waals surface area contributed by atoms with Gasteiger partial charge in [-0.25, -0.2) is 9.97 Å². The van der Waals surface area contributed by atoms with Crippen molar-refractivity contribution in [3.8, 4) is 0 Å². The van der Waals surface area contributed by atoms with Gasteiger partial charge < -0.3 is 15.0 Å². The maximum atomic E-state index is 6.05. The van der Waals surface area contributed by atoms with Crippen LogP contribution in [-0.4, -0.2) is 27.2 Å². The second-order valence-electron chi connectivity index (χ2n) is 6.55. The van der Waals surface area contributed by atoms with Crippen LogP contribution in [0.15, 0.2) is 6.33 Å². The molecular formula is C16H24N4O. The van der Waals surface area contributed by atoms with E-state index in [1.54, 1.807) is 6.33 Å². The quantitative estimate of drug-likeness (QED) is 0.943. The van der Waals surface area contributed by atoms with E-state index in [2.05, 4.69) is 49.2 Å². The summed E-state index contributed by atoms with van der Waals surface area (Å²) in [7, 11) is 0. The third kappa shape index (κ3) is 1.87. The molecule has 1 fully saturated rings. The molecule has 0 amide bonds. The number of anilines is 1. The highest BCUT2D eigenvalue weighted by Gasteiger charge is 2.50. The first kappa shape index (κ1) is 14.3. The van der Waals surface area contributed by atoms with Crippen molar-refractivity contribution >= 4 is 16.9 Å². The highest BCUT2D eigenvalue weighted by atomic mass is 16.5. The fraction of sp³-hybridized carbons (Fsp3) is 0.625. The first-order valence-electron chi connectivity index (χ1n) is 7.58. The van der Waals surface area contributed by atoms with E-state index in [9.17, 15) is 0 Å². The molecule has 0 saturated heterocycles. The van der Waals surface area contributed by atoms with Crippen molar-refractivity contribution < 1.29 is 4.74 Å². The van der Waals surface area contributed by atoms with E-state index >= 15 is 0 Å². The average molecular weight is 288 g/mol. The molecule has 21 heavy (non-hydrogen) atoms. The molecule has 1 saturated carbocycles. The molecule has 2 aromatic rings. The Morgan fingerprint density at radius 3 is 2.71 bits per heavy atom. The maximum absolute atomic E-state index is 6.05. The lowest BCUT2D eigenvalue weighted by Gasteiger charge is -2.52. The maximum Gasteiger partial charge on any atom is 0.146 e. The Morgan fingerprint density at radius 1 is 1.38 bits per heavy atom. The number of hydrogen-bond donors (Lipinski definition) is 1. The van der Waals surface area contributed by atoms with Crippen LogP contribution in [-0.2, 0) is 4.74 Å². The molecule has 3 rings (SSSR count). The van der Waals surface area contributed by atoms with Crippen LogP contribution in [0.1, 0.15) is 44.5 Å². The highest BCUT2D eigenvalue weighted by Crippen LogP contribution is 2.53. The van der Waals surface area contributed by atoms with Crippen LogP contribution in [0, 0.1) is 19.3 Å². The summed E-state index contributed by atoms with van der Waals surface area (Å²) < 4.78 is 8.19. The molecular weight excluding hydrogens is 264 g/mol. The topological polar surface area (TPSA) is 66.0 Å². The summed E-state index contributed by atoms with van der Waals surface area (Å²) in [6, 6.07) is 0.388. The van der Waals surface area contributed by atoms with Crippen LogP contribution < -0.4 is 5.73 Å². The summed E-state index contributed by atoms with van der Waals surface area (Å²) in [6.07, 6.45) is 2.89. The second-order valence-corrected chi connectivity index (χ2v) is 6.55. The Bertz CT molecular complexity index is 689. The molecule has 2 aromatic heterocycles. The molecule has 1 aliphatic carbocycles. The summed E-state index contributed by atoms with van der Waals surface area (Å²) >= 11 is 0. The Kier molecular flexibility index (Phi) is 3.20. The summed E-state index contributed by atoms with van der Waals surface area (Å²) in [5.74, 6) is 0.567. The van der Waals surface area contributed by atoms with E-state index in [0.29, 0.717) is 18.0 Å². The van der Waals surface area contributed by atoms with Gasteiger partial charge in [0.25, 0.3) is 0 Å². The van der Waals surface area contributed by atoms with E-state index in [-0.39, 0.29) is 5.41 Å². The summed E-state index contributed by atoms with van der Waals surface area (Å²) in [4.78, 5) is 8.63. The van der Waals surface area contributed by atoms with Gasteiger partial charge in [-0.2, -0.15) is 0 Å². The number of aromatic nitrogens is 3. The van der Waals surface area contributed by atoms with Crippen molar-refractivity contribution in [3.05, 3.63) is 17.6 Å². The van der Waals surface area contributed by atoms with Crippen molar-refractivity contribution in [1.82, 2.24) is 14.5 Å². The van der Waals surface area contributed by atoms with Gasteiger partial charge in [0.15, 0.2) is 0 Å². The van der Waals surface area contributed by atoms with Gasteiger partial charge in [0.1, 0.15) is 17.8 Å². The van der Waals surface area contributed by atoms with Crippen LogP contribution >= 0.6 is 0 Å². The number of rotatable bonds is 3. The van der Waals surface area contributed by atoms with E-state index in [1.165, 1.54) is 11.3 Å². The monoisotopic (exact) mass is 288 g/mol. The molecule has 2 unspecified atom stereocenters. The van der Waals surface area contributed by atoms with Crippen LogP contribution in [0.2, 0.25) is 0 Å². The van der Waals surface area contributed by atoms with Gasteiger partial charge in [0, 0.05) is 23.8 Å². The van der Waals surface area contributed by atoms with E-state index in [0.717, 1.165) is 24.1 Å². The Labute approximate surface area is 125 Å². The minimum atomic E-state index is 0.0961. The predicted molar refractivity (Wildman–Crippen MR) is 84.3 cm³/mol. The number of aryl methyl sites for hydroxylation is 1. The average Bonchev–Trinajstić information content (AvgIpc) is 2.68. The molecule has 114 valence electrons. The third-order valence-corrected chi connectivity index (χ3v) is 5.17. The number of fused-ring (bicyclic) bond motifs is 1. The lowest BCUT2D eigenvalue weighted by atomic mass is 9.64. The Balaban J connectivity index is 2.11. The molecule has 2 N–H and O–H groups in total. The molecule has 5 heteroatoms. The fourth-order valence-electron chi connectivity index (χ4n) is 3.62. The van der Waals surface area contributed by atoms with Crippen LogP contribution in [0.4, 0.5) is 5.82 Å². The molecule has 0 radical (unpaired) electrons. The van der Waals surface area contributed by atoms with E-state index in [4.69, 9.17) is 10.5 Å². The van der Waals surface area contributed by atoms with Crippen LogP contribution in [0.5, 0.6) is 0 Å². The van der Waals surface area contributed by atoms with Gasteiger partial charge in [-0.1, -0.05) is 13.8 Å². The first-order chi connectivity index (χ1) is 9.89. The number of nitrogen functional groups attached to an aromatic ring is 1. The zero-order chi connectivity index (χ0) is 15.4. The number of ether oxygens (including phenoxy) is 1. The second kappa shape index (κ2) is 4.70. The molecule has 0 aliphatic heterocycles. The SMILES string of the molecule is CCOC1CC(n2c(C)c(C)c3c(N)ncnc32)C1(C)C. The Morgan fingerprint density at radius 2 is 2.10 bits per heavy atom. The standard InChI is InChI=1S/C16H24N4O/c1-6-21-12-7-11(16(12,4)5)20-10(3)9(2)13-14(17)18-8-19-15(13)20/h8,11-12H,6-7H2,1-5H3,(H2,17,18,19). The number of nitrogens with two attached hydrogens (primary N) is 1. The molecule has 0 spiro atoms. The van der Waals surface area contributed by atoms with Crippen molar-refractivity contribution in [1.29, 1.82) is 0 Å². The Hall–Kier alpha value is -1.62. The smallest absolute Gasteiger partial charge is 0.146 e. The van der Waals surface area contributed by atoms with Crippen molar-refractivity contribution in [2.24, 2.45) is 5.41 Å². The third-order valence-electron chi connectivity index (χ3n) is 5.17. The minimum Gasteiger partial charge on any atom is -0.383 e. The molecule has 5 nitrogen and oxygen atoms in total. The van der Waals surface area contributed by atoms with Crippen LogP contribution in [0.3, 0.4) is 0 Å². The predicted octanol–water partition coefficient (Wildman–Crippen LogP) is 3.01. The van der Waals surface area contributed by atoms with E-state index in [1.807, 2.05) is 0 Å². The van der Waals surface area contributed by atoms with Gasteiger partial charge >= 0.3 is 0 Å². The van der Waals surface area contributed by atoms with Crippen molar-refractivity contribution in [2.75, 3.05) is 12.3 Å². The summed E-state index contributed by atoms with van der Waals surface area (Å²) in [5, 5.41) is 0.991. The molecule has 2 atom stereocenters. The molecule has 0 aromatic carbocycles.